The number of hydrogen-bond acceptors (Lipinski definition) is 5. The van der Waals surface area contributed by atoms with E-state index in [2.05, 4.69) is 31.7 Å². The maximum Gasteiger partial charge on any atom is 0.232 e. The number of fused-ring (bicyclic) bond motifs is 2. The van der Waals surface area contributed by atoms with Gasteiger partial charge in [-0.3, -0.25) is 9.71 Å². The van der Waals surface area contributed by atoms with Crippen molar-refractivity contribution in [2.45, 2.75) is 12.8 Å². The Morgan fingerprint density at radius 3 is 2.27 bits per heavy atom. The summed E-state index contributed by atoms with van der Waals surface area (Å²) >= 11 is 0. The van der Waals surface area contributed by atoms with Crippen molar-refractivity contribution in [1.29, 1.82) is 0 Å². The van der Waals surface area contributed by atoms with Crippen LogP contribution in [0.3, 0.4) is 0 Å². The van der Waals surface area contributed by atoms with Gasteiger partial charge in [0.15, 0.2) is 5.96 Å². The first-order valence-corrected chi connectivity index (χ1v) is 12.9. The third-order valence-electron chi connectivity index (χ3n) is 5.73. The quantitative estimate of drug-likeness (QED) is 0.0444. The van der Waals surface area contributed by atoms with E-state index in [1.165, 1.54) is 0 Å². The van der Waals surface area contributed by atoms with Crippen molar-refractivity contribution in [3.8, 4) is 0 Å². The van der Waals surface area contributed by atoms with Gasteiger partial charge in [-0.15, -0.1) is 17.0 Å². The normalized spacial score (nSPS) is 10.8. The molecule has 0 aliphatic carbocycles. The summed E-state index contributed by atoms with van der Waals surface area (Å²) in [6.07, 6.45) is 1.05. The minimum atomic E-state index is -3.47. The number of nitrogens with two attached hydrogens (primary N) is 3. The lowest BCUT2D eigenvalue weighted by molar-refractivity contribution is -0.617. The lowest BCUT2D eigenvalue weighted by atomic mass is 10.1. The molecule has 4 aromatic rings. The number of pyridine rings is 1. The highest BCUT2D eigenvalue weighted by atomic mass is 79.9. The van der Waals surface area contributed by atoms with Gasteiger partial charge in [-0.05, 0) is 55.3 Å². The van der Waals surface area contributed by atoms with E-state index in [0.717, 1.165) is 33.2 Å². The number of para-hydroxylation sites is 1. The van der Waals surface area contributed by atoms with Gasteiger partial charge in [0.1, 0.15) is 7.05 Å². The predicted octanol–water partition coefficient (Wildman–Crippen LogP) is 0.521. The Morgan fingerprint density at radius 2 is 1.57 bits per heavy atom. The van der Waals surface area contributed by atoms with Gasteiger partial charge in [0.05, 0.1) is 22.2 Å². The van der Waals surface area contributed by atoms with E-state index < -0.39 is 10.0 Å². The maximum atomic E-state index is 12.4. The van der Waals surface area contributed by atoms with Gasteiger partial charge >= 0.3 is 0 Å². The SMILES string of the molecule is Br.C[n+]1c2ccccc2c(Nc2ccc(NS(=O)(=O)CCCCN=C(N)N)cc2)c2ccc(N)cc21.[Br-]. The minimum Gasteiger partial charge on any atom is -1.00 e. The first kappa shape index (κ1) is 30.1. The summed E-state index contributed by atoms with van der Waals surface area (Å²) in [6, 6.07) is 21.2. The number of unbranched alkanes of at least 4 members (excludes halogenated alkanes) is 1. The van der Waals surface area contributed by atoms with Crippen LogP contribution in [0.25, 0.3) is 21.8 Å². The molecule has 0 spiro atoms. The number of aromatic nitrogens is 1. The van der Waals surface area contributed by atoms with Crippen LogP contribution in [0.15, 0.2) is 71.7 Å². The molecule has 1 heterocycles. The fourth-order valence-electron chi connectivity index (χ4n) is 4.03. The monoisotopic (exact) mass is 651 g/mol. The number of benzene rings is 3. The molecule has 0 fully saturated rings. The van der Waals surface area contributed by atoms with Crippen molar-refractivity contribution in [3.63, 3.8) is 0 Å². The van der Waals surface area contributed by atoms with Crippen molar-refractivity contribution in [2.75, 3.05) is 28.1 Å². The number of guanidine groups is 1. The molecule has 198 valence electrons. The fourth-order valence-corrected chi connectivity index (χ4v) is 5.21. The van der Waals surface area contributed by atoms with E-state index in [4.69, 9.17) is 17.2 Å². The summed E-state index contributed by atoms with van der Waals surface area (Å²) in [7, 11) is -1.45. The average molecular weight is 653 g/mol. The third kappa shape index (κ3) is 7.46. The van der Waals surface area contributed by atoms with Crippen LogP contribution >= 0.6 is 17.0 Å². The molecule has 0 saturated heterocycles. The number of rotatable bonds is 9. The van der Waals surface area contributed by atoms with E-state index in [0.29, 0.717) is 30.8 Å². The number of aliphatic imine (C=N–C) groups is 1. The zero-order chi connectivity index (χ0) is 25.0. The molecule has 0 aliphatic rings. The third-order valence-corrected chi connectivity index (χ3v) is 7.10. The van der Waals surface area contributed by atoms with Crippen LogP contribution in [0.4, 0.5) is 22.7 Å². The van der Waals surface area contributed by atoms with Gasteiger partial charge in [-0.2, -0.15) is 4.57 Å². The molecule has 0 atom stereocenters. The Balaban J connectivity index is 0.00000241. The maximum absolute atomic E-state index is 12.4. The topological polar surface area (TPSA) is 152 Å². The molecular weight excluding hydrogens is 622 g/mol. The Hall–Kier alpha value is -3.09. The van der Waals surface area contributed by atoms with Gasteiger partial charge in [-0.25, -0.2) is 8.42 Å². The summed E-state index contributed by atoms with van der Waals surface area (Å²) in [5.41, 5.74) is 21.7. The van der Waals surface area contributed by atoms with E-state index in [1.807, 2.05) is 49.5 Å². The molecule has 37 heavy (non-hydrogen) atoms. The second kappa shape index (κ2) is 12.9. The smallest absolute Gasteiger partial charge is 0.232 e. The highest BCUT2D eigenvalue weighted by molar-refractivity contribution is 8.93. The van der Waals surface area contributed by atoms with E-state index in [1.54, 1.807) is 12.1 Å². The van der Waals surface area contributed by atoms with Crippen LogP contribution in [0.2, 0.25) is 0 Å². The van der Waals surface area contributed by atoms with Crippen LogP contribution < -0.4 is 48.8 Å². The number of nitrogens with one attached hydrogen (secondary N) is 2. The Labute approximate surface area is 237 Å². The molecule has 0 unspecified atom stereocenters. The second-order valence-corrected chi connectivity index (χ2v) is 10.2. The molecule has 0 saturated carbocycles. The minimum absolute atomic E-state index is 0. The summed E-state index contributed by atoms with van der Waals surface area (Å²) < 4.78 is 29.6. The van der Waals surface area contributed by atoms with Crippen molar-refractivity contribution in [1.82, 2.24) is 0 Å². The van der Waals surface area contributed by atoms with Gasteiger partial charge in [0.25, 0.3) is 0 Å². The largest absolute Gasteiger partial charge is 1.00 e. The average Bonchev–Trinajstić information content (AvgIpc) is 2.82. The van der Waals surface area contributed by atoms with E-state index >= 15 is 0 Å². The second-order valence-electron chi connectivity index (χ2n) is 8.36. The molecule has 4 rings (SSSR count). The first-order chi connectivity index (χ1) is 16.7. The molecule has 3 aromatic carbocycles. The summed E-state index contributed by atoms with van der Waals surface area (Å²) in [6.45, 7) is 0.408. The summed E-state index contributed by atoms with van der Waals surface area (Å²) in [4.78, 5) is 3.86. The number of anilines is 4. The molecule has 9 nitrogen and oxygen atoms in total. The van der Waals surface area contributed by atoms with Crippen molar-refractivity contribution < 1.29 is 30.0 Å². The van der Waals surface area contributed by atoms with Crippen LogP contribution in [-0.2, 0) is 17.1 Å². The van der Waals surface area contributed by atoms with E-state index in [9.17, 15) is 8.42 Å². The molecule has 12 heteroatoms. The molecule has 0 radical (unpaired) electrons. The molecule has 0 aliphatic heterocycles. The summed E-state index contributed by atoms with van der Waals surface area (Å²) in [5.74, 6) is 0.00370. The Kier molecular flexibility index (Phi) is 10.5. The van der Waals surface area contributed by atoms with E-state index in [-0.39, 0.29) is 45.7 Å². The standard InChI is InChI=1S/C25H29N7O2S.2BrH/c1-32-22-7-3-2-6-20(22)24(21-13-8-17(26)16-23(21)32)30-18-9-11-19(12-10-18)31-35(33,34)15-5-4-14-29-25(27)28;;/h2-3,6-13,16,31H,4-5,14-15H2,1H3,(H6,26,27,28,29,30);2*1H. The molecule has 1 aromatic heterocycles. The van der Waals surface area contributed by atoms with Crippen LogP contribution in [-0.4, -0.2) is 26.7 Å². The van der Waals surface area contributed by atoms with Gasteiger partial charge in [0, 0.05) is 35.7 Å². The van der Waals surface area contributed by atoms with Crippen molar-refractivity contribution in [2.24, 2.45) is 23.5 Å². The van der Waals surface area contributed by atoms with Crippen molar-refractivity contribution >= 4 is 77.5 Å². The fraction of sp³-hybridized carbons (Fsp3) is 0.200. The van der Waals surface area contributed by atoms with Crippen LogP contribution in [0.5, 0.6) is 0 Å². The number of hydrogen-bond donors (Lipinski definition) is 5. The molecule has 8 N–H and O–H groups in total. The van der Waals surface area contributed by atoms with Gasteiger partial charge in [0.2, 0.25) is 21.1 Å². The predicted molar refractivity (Wildman–Crippen MR) is 154 cm³/mol. The molecular formula is C25H31Br2N7O2S. The van der Waals surface area contributed by atoms with Crippen LogP contribution in [0.1, 0.15) is 12.8 Å². The number of sulfonamides is 1. The van der Waals surface area contributed by atoms with Gasteiger partial charge in [-0.1, -0.05) is 12.1 Å². The lowest BCUT2D eigenvalue weighted by Gasteiger charge is -2.14. The Bertz CT molecular complexity index is 1510. The van der Waals surface area contributed by atoms with Crippen molar-refractivity contribution in [3.05, 3.63) is 66.7 Å². The number of halogens is 2. The highest BCUT2D eigenvalue weighted by Gasteiger charge is 2.18. The number of nitrogen functional groups attached to an aromatic ring is 1. The molecule has 0 amide bonds. The zero-order valence-electron chi connectivity index (χ0n) is 20.3. The Morgan fingerprint density at radius 1 is 0.919 bits per heavy atom. The zero-order valence-corrected chi connectivity index (χ0v) is 24.4. The molecule has 0 bridgehead atoms. The number of aryl methyl sites for hydroxylation is 1. The number of nitrogens with zero attached hydrogens (tertiary/aromatic N) is 2. The van der Waals surface area contributed by atoms with Gasteiger partial charge < -0.3 is 39.5 Å². The highest BCUT2D eigenvalue weighted by Crippen LogP contribution is 2.33. The summed E-state index contributed by atoms with van der Waals surface area (Å²) in [5, 5.41) is 5.62. The van der Waals surface area contributed by atoms with Crippen LogP contribution in [0, 0.1) is 0 Å². The lowest BCUT2D eigenvalue weighted by Crippen LogP contribution is -3.00. The first-order valence-electron chi connectivity index (χ1n) is 11.3.